The summed E-state index contributed by atoms with van der Waals surface area (Å²) in [6.45, 7) is 3.99. The van der Waals surface area contributed by atoms with Gasteiger partial charge in [0.2, 0.25) is 0 Å². The summed E-state index contributed by atoms with van der Waals surface area (Å²) in [6.07, 6.45) is 4.68. The first-order valence-electron chi connectivity index (χ1n) is 6.98. The molecule has 1 saturated heterocycles. The lowest BCUT2D eigenvalue weighted by Crippen LogP contribution is -2.34. The van der Waals surface area contributed by atoms with E-state index in [1.165, 1.54) is 12.8 Å². The van der Waals surface area contributed by atoms with Crippen molar-refractivity contribution in [3.63, 3.8) is 0 Å². The quantitative estimate of drug-likeness (QED) is 0.855. The fraction of sp³-hybridized carbons (Fsp3) is 0.600. The summed E-state index contributed by atoms with van der Waals surface area (Å²) in [5, 5.41) is 4.83. The minimum atomic E-state index is 0.391. The number of rotatable bonds is 6. The van der Waals surface area contributed by atoms with Crippen molar-refractivity contribution in [2.24, 2.45) is 0 Å². The molecule has 0 bridgehead atoms. The van der Waals surface area contributed by atoms with E-state index in [0.29, 0.717) is 22.2 Å². The van der Waals surface area contributed by atoms with Crippen LogP contribution in [0.25, 0.3) is 0 Å². The van der Waals surface area contributed by atoms with Crippen LogP contribution in [-0.2, 0) is 11.2 Å². The molecule has 0 radical (unpaired) electrons. The summed E-state index contributed by atoms with van der Waals surface area (Å²) >= 11 is 12.3. The molecule has 2 rings (SSSR count). The van der Waals surface area contributed by atoms with Gasteiger partial charge >= 0.3 is 0 Å². The molecule has 0 aliphatic carbocycles. The Hall–Kier alpha value is -0.280. The van der Waals surface area contributed by atoms with Crippen molar-refractivity contribution >= 4 is 23.2 Å². The monoisotopic (exact) mass is 301 g/mol. The lowest BCUT2D eigenvalue weighted by Gasteiger charge is -2.22. The van der Waals surface area contributed by atoms with Crippen LogP contribution in [0.1, 0.15) is 31.7 Å². The van der Waals surface area contributed by atoms with Crippen LogP contribution in [0, 0.1) is 0 Å². The Morgan fingerprint density at radius 1 is 1.42 bits per heavy atom. The molecule has 1 aliphatic heterocycles. The molecule has 1 heterocycles. The van der Waals surface area contributed by atoms with E-state index in [2.05, 4.69) is 12.2 Å². The number of likely N-dealkylation sites (N-methyl/N-ethyl adjacent to an activating group) is 1. The predicted octanol–water partition coefficient (Wildman–Crippen LogP) is 4.08. The van der Waals surface area contributed by atoms with Gasteiger partial charge in [0.1, 0.15) is 0 Å². The molecule has 2 unspecified atom stereocenters. The van der Waals surface area contributed by atoms with Crippen LogP contribution >= 0.6 is 23.2 Å². The Morgan fingerprint density at radius 2 is 2.26 bits per heavy atom. The van der Waals surface area contributed by atoms with Gasteiger partial charge in [0.25, 0.3) is 0 Å². The van der Waals surface area contributed by atoms with Gasteiger partial charge in [0, 0.05) is 12.6 Å². The maximum Gasteiger partial charge on any atom is 0.0624 e. The molecule has 2 atom stereocenters. The van der Waals surface area contributed by atoms with Gasteiger partial charge < -0.3 is 10.1 Å². The van der Waals surface area contributed by atoms with Crippen LogP contribution in [0.15, 0.2) is 18.2 Å². The summed E-state index contributed by atoms with van der Waals surface area (Å²) in [7, 11) is 0. The molecule has 1 aromatic carbocycles. The highest BCUT2D eigenvalue weighted by Crippen LogP contribution is 2.27. The van der Waals surface area contributed by atoms with Gasteiger partial charge in [-0.15, -0.1) is 0 Å². The highest BCUT2D eigenvalue weighted by molar-refractivity contribution is 6.42. The Balaban J connectivity index is 2.00. The maximum absolute atomic E-state index is 6.26. The SMILES string of the molecule is CCNC(Cc1cccc(Cl)c1Cl)CC1CCCO1. The molecule has 1 aromatic rings. The molecule has 2 nitrogen and oxygen atoms in total. The lowest BCUT2D eigenvalue weighted by atomic mass is 9.99. The largest absolute Gasteiger partial charge is 0.378 e. The average Bonchev–Trinajstić information content (AvgIpc) is 2.88. The van der Waals surface area contributed by atoms with Gasteiger partial charge in [0.15, 0.2) is 0 Å². The Labute approximate surface area is 125 Å². The van der Waals surface area contributed by atoms with E-state index in [-0.39, 0.29) is 0 Å². The molecule has 0 spiro atoms. The smallest absolute Gasteiger partial charge is 0.0624 e. The third kappa shape index (κ3) is 4.35. The molecule has 106 valence electrons. The second-order valence-corrected chi connectivity index (χ2v) is 5.83. The number of hydrogen-bond donors (Lipinski definition) is 1. The van der Waals surface area contributed by atoms with Gasteiger partial charge in [-0.2, -0.15) is 0 Å². The Bertz CT molecular complexity index is 405. The van der Waals surface area contributed by atoms with E-state index >= 15 is 0 Å². The molecule has 1 aliphatic rings. The number of hydrogen-bond acceptors (Lipinski definition) is 2. The molecule has 4 heteroatoms. The number of halogens is 2. The van der Waals surface area contributed by atoms with Gasteiger partial charge in [0.05, 0.1) is 16.1 Å². The lowest BCUT2D eigenvalue weighted by molar-refractivity contribution is 0.0948. The van der Waals surface area contributed by atoms with Crippen molar-refractivity contribution in [3.8, 4) is 0 Å². The normalized spacial score (nSPS) is 20.7. The Kier molecular flexibility index (Phi) is 5.96. The van der Waals surface area contributed by atoms with Crippen molar-refractivity contribution in [3.05, 3.63) is 33.8 Å². The van der Waals surface area contributed by atoms with Gasteiger partial charge in [-0.3, -0.25) is 0 Å². The second kappa shape index (κ2) is 7.49. The highest BCUT2D eigenvalue weighted by Gasteiger charge is 2.21. The van der Waals surface area contributed by atoms with Gasteiger partial charge in [-0.25, -0.2) is 0 Å². The number of ether oxygens (including phenoxy) is 1. The molecule has 0 amide bonds. The highest BCUT2D eigenvalue weighted by atomic mass is 35.5. The van der Waals surface area contributed by atoms with Crippen LogP contribution in [0.2, 0.25) is 10.0 Å². The second-order valence-electron chi connectivity index (χ2n) is 5.04. The summed E-state index contributed by atoms with van der Waals surface area (Å²) < 4.78 is 5.72. The molecule has 19 heavy (non-hydrogen) atoms. The van der Waals surface area contributed by atoms with Crippen LogP contribution < -0.4 is 5.32 Å². The summed E-state index contributed by atoms with van der Waals surface area (Å²) in [5.41, 5.74) is 1.11. The van der Waals surface area contributed by atoms with E-state index in [4.69, 9.17) is 27.9 Å². The van der Waals surface area contributed by atoms with Gasteiger partial charge in [-0.1, -0.05) is 42.3 Å². The minimum absolute atomic E-state index is 0.391. The van der Waals surface area contributed by atoms with E-state index in [1.54, 1.807) is 0 Å². The van der Waals surface area contributed by atoms with Crippen molar-refractivity contribution in [2.75, 3.05) is 13.2 Å². The molecule has 1 fully saturated rings. The minimum Gasteiger partial charge on any atom is -0.378 e. The molecular formula is C15H21Cl2NO. The molecule has 0 aromatic heterocycles. The summed E-state index contributed by atoms with van der Waals surface area (Å²) in [6, 6.07) is 6.23. The molecular weight excluding hydrogens is 281 g/mol. The molecule has 1 N–H and O–H groups in total. The first-order valence-corrected chi connectivity index (χ1v) is 7.74. The van der Waals surface area contributed by atoms with Crippen LogP contribution in [-0.4, -0.2) is 25.3 Å². The van der Waals surface area contributed by atoms with E-state index in [0.717, 1.165) is 31.6 Å². The van der Waals surface area contributed by atoms with E-state index in [1.807, 2.05) is 18.2 Å². The van der Waals surface area contributed by atoms with Crippen LogP contribution in [0.5, 0.6) is 0 Å². The number of nitrogens with one attached hydrogen (secondary N) is 1. The van der Waals surface area contributed by atoms with Crippen LogP contribution in [0.4, 0.5) is 0 Å². The topological polar surface area (TPSA) is 21.3 Å². The predicted molar refractivity (Wildman–Crippen MR) is 81.2 cm³/mol. The van der Waals surface area contributed by atoms with Crippen molar-refractivity contribution in [2.45, 2.75) is 44.8 Å². The average molecular weight is 302 g/mol. The number of benzene rings is 1. The first-order chi connectivity index (χ1) is 9.20. The fourth-order valence-corrected chi connectivity index (χ4v) is 3.04. The third-order valence-corrected chi connectivity index (χ3v) is 4.42. The Morgan fingerprint density at radius 3 is 2.95 bits per heavy atom. The van der Waals surface area contributed by atoms with Gasteiger partial charge in [-0.05, 0) is 43.9 Å². The zero-order valence-corrected chi connectivity index (χ0v) is 12.8. The first kappa shape index (κ1) is 15.1. The molecule has 0 saturated carbocycles. The van der Waals surface area contributed by atoms with E-state index in [9.17, 15) is 0 Å². The summed E-state index contributed by atoms with van der Waals surface area (Å²) in [5.74, 6) is 0. The zero-order valence-electron chi connectivity index (χ0n) is 11.3. The zero-order chi connectivity index (χ0) is 13.7. The van der Waals surface area contributed by atoms with Crippen molar-refractivity contribution in [1.82, 2.24) is 5.32 Å². The maximum atomic E-state index is 6.26. The van der Waals surface area contributed by atoms with Crippen molar-refractivity contribution < 1.29 is 4.74 Å². The fourth-order valence-electron chi connectivity index (χ4n) is 2.65. The third-order valence-electron chi connectivity index (χ3n) is 3.56. The summed E-state index contributed by atoms with van der Waals surface area (Å²) in [4.78, 5) is 0. The van der Waals surface area contributed by atoms with E-state index < -0.39 is 0 Å². The van der Waals surface area contributed by atoms with Crippen LogP contribution in [0.3, 0.4) is 0 Å². The standard InChI is InChI=1S/C15H21Cl2NO/c1-2-18-12(10-13-6-4-8-19-13)9-11-5-3-7-14(16)15(11)17/h3,5,7,12-13,18H,2,4,6,8-10H2,1H3. The van der Waals surface area contributed by atoms with Crippen molar-refractivity contribution in [1.29, 1.82) is 0 Å².